The summed E-state index contributed by atoms with van der Waals surface area (Å²) in [4.78, 5) is 6.78. The van der Waals surface area contributed by atoms with Crippen LogP contribution in [0.2, 0.25) is 0 Å². The van der Waals surface area contributed by atoms with E-state index < -0.39 is 0 Å². The van der Waals surface area contributed by atoms with Crippen molar-refractivity contribution >= 4 is 11.3 Å². The summed E-state index contributed by atoms with van der Waals surface area (Å²) in [5.41, 5.74) is 3.03. The molecule has 1 aliphatic rings. The van der Waals surface area contributed by atoms with Gasteiger partial charge in [0.05, 0.1) is 30.0 Å². The Labute approximate surface area is 107 Å². The summed E-state index contributed by atoms with van der Waals surface area (Å²) in [6, 6.07) is 0.767. The molecular weight excluding hydrogens is 234 g/mol. The predicted molar refractivity (Wildman–Crippen MR) is 70.4 cm³/mol. The lowest BCUT2D eigenvalue weighted by molar-refractivity contribution is -0.0631. The van der Waals surface area contributed by atoms with Gasteiger partial charge in [-0.15, -0.1) is 11.3 Å². The lowest BCUT2D eigenvalue weighted by atomic mass is 10.0. The Morgan fingerprint density at radius 1 is 1.65 bits per heavy atom. The minimum Gasteiger partial charge on any atom is -0.374 e. The van der Waals surface area contributed by atoms with Crippen LogP contribution < -0.4 is 5.32 Å². The molecule has 1 aromatic heterocycles. The molecule has 17 heavy (non-hydrogen) atoms. The third kappa shape index (κ3) is 3.25. The van der Waals surface area contributed by atoms with E-state index in [-0.39, 0.29) is 12.1 Å². The molecule has 0 aromatic carbocycles. The molecule has 2 rings (SSSR count). The molecule has 1 saturated heterocycles. The topological polar surface area (TPSA) is 37.4 Å². The van der Waals surface area contributed by atoms with Crippen molar-refractivity contribution in [2.45, 2.75) is 32.0 Å². The standard InChI is InChI=1S/C12H21N3OS/c1-9(2)13-6-11-12(10-7-17-8-14-10)15(3)4-5-16-11/h7-9,11-13H,4-6H2,1-3H3. The van der Waals surface area contributed by atoms with Gasteiger partial charge in [-0.3, -0.25) is 4.90 Å². The highest BCUT2D eigenvalue weighted by atomic mass is 32.1. The van der Waals surface area contributed by atoms with Gasteiger partial charge in [-0.25, -0.2) is 4.98 Å². The van der Waals surface area contributed by atoms with Gasteiger partial charge >= 0.3 is 0 Å². The summed E-state index contributed by atoms with van der Waals surface area (Å²) in [6.45, 7) is 6.97. The average molecular weight is 255 g/mol. The monoisotopic (exact) mass is 255 g/mol. The molecule has 1 fully saturated rings. The number of aromatic nitrogens is 1. The molecule has 0 aliphatic carbocycles. The van der Waals surface area contributed by atoms with Gasteiger partial charge in [0.1, 0.15) is 0 Å². The normalized spacial score (nSPS) is 26.6. The van der Waals surface area contributed by atoms with E-state index in [1.54, 1.807) is 11.3 Å². The number of nitrogens with one attached hydrogen (secondary N) is 1. The largest absolute Gasteiger partial charge is 0.374 e. The number of rotatable bonds is 4. The molecule has 2 unspecified atom stereocenters. The van der Waals surface area contributed by atoms with Crippen LogP contribution in [0.3, 0.4) is 0 Å². The Morgan fingerprint density at radius 2 is 2.47 bits per heavy atom. The number of ether oxygens (including phenoxy) is 1. The van der Waals surface area contributed by atoms with Crippen LogP contribution in [-0.2, 0) is 4.74 Å². The third-order valence-electron chi connectivity index (χ3n) is 3.08. The van der Waals surface area contributed by atoms with Crippen LogP contribution >= 0.6 is 11.3 Å². The number of morpholine rings is 1. The molecule has 1 aliphatic heterocycles. The molecule has 0 spiro atoms. The smallest absolute Gasteiger partial charge is 0.0912 e. The number of hydrogen-bond acceptors (Lipinski definition) is 5. The quantitative estimate of drug-likeness (QED) is 0.885. The fourth-order valence-corrected chi connectivity index (χ4v) is 2.75. The molecule has 0 amide bonds. The summed E-state index contributed by atoms with van der Waals surface area (Å²) < 4.78 is 5.90. The second-order valence-electron chi connectivity index (χ2n) is 4.81. The fourth-order valence-electron chi connectivity index (χ4n) is 2.17. The van der Waals surface area contributed by atoms with E-state index in [2.05, 4.69) is 41.5 Å². The van der Waals surface area contributed by atoms with Gasteiger partial charge in [-0.2, -0.15) is 0 Å². The number of thiazole rings is 1. The van der Waals surface area contributed by atoms with E-state index in [0.717, 1.165) is 25.4 Å². The van der Waals surface area contributed by atoms with Crippen molar-refractivity contribution in [3.8, 4) is 0 Å². The lowest BCUT2D eigenvalue weighted by Gasteiger charge is -2.38. The second kappa shape index (κ2) is 5.91. The minimum absolute atomic E-state index is 0.193. The zero-order valence-corrected chi connectivity index (χ0v) is 11.5. The van der Waals surface area contributed by atoms with E-state index in [9.17, 15) is 0 Å². The zero-order valence-electron chi connectivity index (χ0n) is 10.7. The highest BCUT2D eigenvalue weighted by Crippen LogP contribution is 2.27. The first kappa shape index (κ1) is 13.0. The van der Waals surface area contributed by atoms with Crippen LogP contribution in [0.1, 0.15) is 25.6 Å². The zero-order chi connectivity index (χ0) is 12.3. The van der Waals surface area contributed by atoms with Crippen molar-refractivity contribution in [1.29, 1.82) is 0 Å². The van der Waals surface area contributed by atoms with E-state index in [0.29, 0.717) is 6.04 Å². The Bertz CT molecular complexity index is 329. The van der Waals surface area contributed by atoms with E-state index in [1.165, 1.54) is 0 Å². The van der Waals surface area contributed by atoms with Gasteiger partial charge in [0.15, 0.2) is 0 Å². The summed E-state index contributed by atoms with van der Waals surface area (Å²) in [5, 5.41) is 5.57. The van der Waals surface area contributed by atoms with Crippen LogP contribution in [0.25, 0.3) is 0 Å². The molecule has 5 heteroatoms. The van der Waals surface area contributed by atoms with Gasteiger partial charge in [0, 0.05) is 24.5 Å². The Balaban J connectivity index is 2.06. The third-order valence-corrected chi connectivity index (χ3v) is 3.69. The van der Waals surface area contributed by atoms with Crippen LogP contribution in [0.15, 0.2) is 10.9 Å². The number of hydrogen-bond donors (Lipinski definition) is 1. The molecule has 2 atom stereocenters. The number of nitrogens with zero attached hydrogens (tertiary/aromatic N) is 2. The van der Waals surface area contributed by atoms with Crippen molar-refractivity contribution in [3.63, 3.8) is 0 Å². The Kier molecular flexibility index (Phi) is 4.50. The van der Waals surface area contributed by atoms with E-state index >= 15 is 0 Å². The van der Waals surface area contributed by atoms with Crippen molar-refractivity contribution < 1.29 is 4.74 Å². The van der Waals surface area contributed by atoms with Gasteiger partial charge < -0.3 is 10.1 Å². The molecular formula is C12H21N3OS. The molecule has 96 valence electrons. The SMILES string of the molecule is CC(C)NCC1OCCN(C)C1c1cscn1. The Morgan fingerprint density at radius 3 is 3.12 bits per heavy atom. The first-order valence-electron chi connectivity index (χ1n) is 6.12. The van der Waals surface area contributed by atoms with Crippen molar-refractivity contribution in [2.75, 3.05) is 26.7 Å². The first-order chi connectivity index (χ1) is 8.18. The van der Waals surface area contributed by atoms with Crippen molar-refractivity contribution in [1.82, 2.24) is 15.2 Å². The van der Waals surface area contributed by atoms with Gasteiger partial charge in [0.2, 0.25) is 0 Å². The highest BCUT2D eigenvalue weighted by molar-refractivity contribution is 7.07. The van der Waals surface area contributed by atoms with E-state index in [1.807, 2.05) is 5.51 Å². The molecule has 4 nitrogen and oxygen atoms in total. The van der Waals surface area contributed by atoms with Gasteiger partial charge in [-0.05, 0) is 7.05 Å². The number of likely N-dealkylation sites (N-methyl/N-ethyl adjacent to an activating group) is 1. The summed E-state index contributed by atoms with van der Waals surface area (Å²) in [7, 11) is 2.15. The maximum atomic E-state index is 5.90. The van der Waals surface area contributed by atoms with E-state index in [4.69, 9.17) is 4.74 Å². The molecule has 1 aromatic rings. The van der Waals surface area contributed by atoms with Gasteiger partial charge in [-0.1, -0.05) is 13.8 Å². The predicted octanol–water partition coefficient (Wildman–Crippen LogP) is 1.51. The maximum absolute atomic E-state index is 5.90. The lowest BCUT2D eigenvalue weighted by Crippen LogP contribution is -2.48. The molecule has 0 radical (unpaired) electrons. The van der Waals surface area contributed by atoms with Crippen LogP contribution in [0.5, 0.6) is 0 Å². The summed E-state index contributed by atoms with van der Waals surface area (Å²) in [6.07, 6.45) is 0.193. The van der Waals surface area contributed by atoms with Crippen molar-refractivity contribution in [2.24, 2.45) is 0 Å². The summed E-state index contributed by atoms with van der Waals surface area (Å²) in [5.74, 6) is 0. The minimum atomic E-state index is 0.193. The fraction of sp³-hybridized carbons (Fsp3) is 0.750. The molecule has 2 heterocycles. The molecule has 0 saturated carbocycles. The molecule has 1 N–H and O–H groups in total. The Hall–Kier alpha value is -0.490. The van der Waals surface area contributed by atoms with Crippen LogP contribution in [-0.4, -0.2) is 48.8 Å². The van der Waals surface area contributed by atoms with Crippen LogP contribution in [0, 0.1) is 0 Å². The van der Waals surface area contributed by atoms with Gasteiger partial charge in [0.25, 0.3) is 0 Å². The second-order valence-corrected chi connectivity index (χ2v) is 5.53. The van der Waals surface area contributed by atoms with Crippen molar-refractivity contribution in [3.05, 3.63) is 16.6 Å². The van der Waals surface area contributed by atoms with Crippen LogP contribution in [0.4, 0.5) is 0 Å². The first-order valence-corrected chi connectivity index (χ1v) is 7.06. The summed E-state index contributed by atoms with van der Waals surface area (Å²) >= 11 is 1.65. The molecule has 0 bridgehead atoms. The highest BCUT2D eigenvalue weighted by Gasteiger charge is 2.32. The maximum Gasteiger partial charge on any atom is 0.0912 e. The average Bonchev–Trinajstić information content (AvgIpc) is 2.79.